The Morgan fingerprint density at radius 1 is 1.23 bits per heavy atom. The SMILES string of the molecule is CC(=O)OCC1=C(C(=O)[O-])N2C(=O)[C@@H](NC(=O)c3ccc(C)cc3)[C@@H]2S(=O)(=O)C1.[K+]. The van der Waals surface area contributed by atoms with Gasteiger partial charge in [0, 0.05) is 18.1 Å². The van der Waals surface area contributed by atoms with Gasteiger partial charge in [-0.2, -0.15) is 0 Å². The molecule has 1 aromatic rings. The van der Waals surface area contributed by atoms with Crippen molar-refractivity contribution in [1.82, 2.24) is 10.2 Å². The molecule has 10 nitrogen and oxygen atoms in total. The third-order valence-corrected chi connectivity index (χ3v) is 6.58. The molecule has 1 N–H and O–H groups in total. The van der Waals surface area contributed by atoms with E-state index in [1.165, 1.54) is 12.1 Å². The number of aliphatic carboxylic acids is 1. The number of hydrogen-bond donors (Lipinski definition) is 1. The van der Waals surface area contributed by atoms with Gasteiger partial charge in [-0.15, -0.1) is 0 Å². The van der Waals surface area contributed by atoms with E-state index in [1.807, 2.05) is 6.92 Å². The largest absolute Gasteiger partial charge is 1.00 e. The van der Waals surface area contributed by atoms with Gasteiger partial charge < -0.3 is 20.0 Å². The molecule has 0 radical (unpaired) electrons. The maximum atomic E-state index is 12.7. The molecule has 2 amide bonds. The number of carboxylic acid groups (broad SMARTS) is 1. The van der Waals surface area contributed by atoms with Crippen molar-refractivity contribution >= 4 is 33.6 Å². The Balaban J connectivity index is 0.00000320. The van der Waals surface area contributed by atoms with E-state index < -0.39 is 63.1 Å². The maximum absolute atomic E-state index is 12.7. The maximum Gasteiger partial charge on any atom is 1.00 e. The minimum atomic E-state index is -4.05. The minimum absolute atomic E-state index is 0. The molecule has 2 aliphatic rings. The van der Waals surface area contributed by atoms with E-state index in [2.05, 4.69) is 5.32 Å². The fourth-order valence-electron chi connectivity index (χ4n) is 3.24. The number of sulfone groups is 1. The molecule has 12 heteroatoms. The second kappa shape index (κ2) is 9.28. The molecule has 2 atom stereocenters. The number of β-lactam (4-membered cyclic amide) rings is 1. The fraction of sp³-hybridized carbons (Fsp3) is 0.333. The number of nitrogens with one attached hydrogen (secondary N) is 1. The van der Waals surface area contributed by atoms with Gasteiger partial charge in [0.25, 0.3) is 11.8 Å². The van der Waals surface area contributed by atoms with Gasteiger partial charge in [-0.05, 0) is 19.1 Å². The molecule has 0 saturated carbocycles. The molecule has 0 unspecified atom stereocenters. The van der Waals surface area contributed by atoms with Gasteiger partial charge >= 0.3 is 57.4 Å². The second-order valence-corrected chi connectivity index (χ2v) is 8.84. The molecule has 2 heterocycles. The zero-order valence-corrected chi connectivity index (χ0v) is 20.4. The Kier molecular flexibility index (Phi) is 7.64. The summed E-state index contributed by atoms with van der Waals surface area (Å²) >= 11 is 0. The van der Waals surface area contributed by atoms with Crippen LogP contribution >= 0.6 is 0 Å². The predicted octanol–water partition coefficient (Wildman–Crippen LogP) is -4.74. The number of carboxylic acids is 1. The summed E-state index contributed by atoms with van der Waals surface area (Å²) in [5.74, 6) is -4.83. The zero-order chi connectivity index (χ0) is 21.5. The monoisotopic (exact) mass is 460 g/mol. The van der Waals surface area contributed by atoms with Crippen LogP contribution in [0.3, 0.4) is 0 Å². The molecule has 0 bridgehead atoms. The topological polar surface area (TPSA) is 150 Å². The van der Waals surface area contributed by atoms with Crippen LogP contribution in [0.25, 0.3) is 0 Å². The number of aryl methyl sites for hydroxylation is 1. The first-order valence-corrected chi connectivity index (χ1v) is 10.2. The van der Waals surface area contributed by atoms with Crippen LogP contribution in [0.4, 0.5) is 0 Å². The van der Waals surface area contributed by atoms with E-state index in [1.54, 1.807) is 12.1 Å². The molecule has 0 spiro atoms. The summed E-state index contributed by atoms with van der Waals surface area (Å²) in [6.07, 6.45) is 0. The van der Waals surface area contributed by atoms with Gasteiger partial charge in [0.2, 0.25) is 0 Å². The summed E-state index contributed by atoms with van der Waals surface area (Å²) < 4.78 is 30.0. The first kappa shape index (κ1) is 24.7. The number of rotatable bonds is 5. The summed E-state index contributed by atoms with van der Waals surface area (Å²) in [7, 11) is -4.05. The Morgan fingerprint density at radius 3 is 2.37 bits per heavy atom. The molecule has 0 aromatic heterocycles. The third kappa shape index (κ3) is 4.68. The molecular formula is C18H17KN2O8S. The van der Waals surface area contributed by atoms with Gasteiger partial charge in [-0.25, -0.2) is 8.42 Å². The van der Waals surface area contributed by atoms with Crippen molar-refractivity contribution in [2.75, 3.05) is 12.4 Å². The summed E-state index contributed by atoms with van der Waals surface area (Å²) in [6.45, 7) is 2.30. The van der Waals surface area contributed by atoms with Crippen LogP contribution in [0.1, 0.15) is 22.8 Å². The Hall–Kier alpha value is -1.57. The van der Waals surface area contributed by atoms with Gasteiger partial charge in [0.15, 0.2) is 15.2 Å². The summed E-state index contributed by atoms with van der Waals surface area (Å²) in [5.41, 5.74) is 0.206. The van der Waals surface area contributed by atoms with Crippen molar-refractivity contribution in [1.29, 1.82) is 0 Å². The van der Waals surface area contributed by atoms with E-state index >= 15 is 0 Å². The van der Waals surface area contributed by atoms with Crippen molar-refractivity contribution < 1.29 is 88.8 Å². The Morgan fingerprint density at radius 2 is 1.83 bits per heavy atom. The molecule has 0 aliphatic carbocycles. The van der Waals surface area contributed by atoms with E-state index in [9.17, 15) is 32.7 Å². The predicted molar refractivity (Wildman–Crippen MR) is 95.5 cm³/mol. The van der Waals surface area contributed by atoms with Gasteiger partial charge in [0.1, 0.15) is 12.6 Å². The molecular weight excluding hydrogens is 443 g/mol. The van der Waals surface area contributed by atoms with Crippen LogP contribution in [-0.2, 0) is 29.0 Å². The third-order valence-electron chi connectivity index (χ3n) is 4.61. The Labute approximate surface area is 215 Å². The van der Waals surface area contributed by atoms with E-state index in [0.29, 0.717) is 4.90 Å². The molecule has 3 rings (SSSR count). The van der Waals surface area contributed by atoms with Crippen LogP contribution in [0.2, 0.25) is 0 Å². The second-order valence-electron chi connectivity index (χ2n) is 6.74. The van der Waals surface area contributed by atoms with Crippen molar-refractivity contribution in [3.8, 4) is 0 Å². The first-order valence-electron chi connectivity index (χ1n) is 8.52. The van der Waals surface area contributed by atoms with Gasteiger partial charge in [0.05, 0.1) is 17.4 Å². The smallest absolute Gasteiger partial charge is 0.543 e. The van der Waals surface area contributed by atoms with Crippen molar-refractivity contribution in [3.05, 3.63) is 46.7 Å². The van der Waals surface area contributed by atoms with Gasteiger partial charge in [-0.1, -0.05) is 17.7 Å². The number of carbonyl (C=O) groups excluding carboxylic acids is 4. The number of amides is 2. The average molecular weight is 461 g/mol. The van der Waals surface area contributed by atoms with Crippen molar-refractivity contribution in [2.45, 2.75) is 25.3 Å². The zero-order valence-electron chi connectivity index (χ0n) is 16.5. The molecule has 2 aliphatic heterocycles. The summed E-state index contributed by atoms with van der Waals surface area (Å²) in [4.78, 5) is 48.0. The quantitative estimate of drug-likeness (QED) is 0.261. The fourth-order valence-corrected chi connectivity index (χ4v) is 5.25. The van der Waals surface area contributed by atoms with Gasteiger partial charge in [-0.3, -0.25) is 19.3 Å². The standard InChI is InChI=1S/C18H18N2O8S.K/c1-9-3-5-11(6-4-9)15(22)19-13-16(23)20-14(18(24)25)12(7-28-10(2)21)8-29(26,27)17(13)20;/h3-6,13,17H,7-8H2,1-2H3,(H,19,22)(H,24,25);/q;+1/p-1/t13-,17+;/m1./s1. The Bertz CT molecular complexity index is 1050. The summed E-state index contributed by atoms with van der Waals surface area (Å²) in [5, 5.41) is 12.3. The van der Waals surface area contributed by atoms with Crippen LogP contribution in [-0.4, -0.2) is 60.8 Å². The first-order chi connectivity index (χ1) is 13.5. The van der Waals surface area contributed by atoms with Crippen molar-refractivity contribution in [2.24, 2.45) is 0 Å². The number of esters is 1. The summed E-state index contributed by atoms with van der Waals surface area (Å²) in [6, 6.07) is 4.96. The number of carbonyl (C=O) groups is 4. The number of fused-ring (bicyclic) bond motifs is 1. The van der Waals surface area contributed by atoms with E-state index in [-0.39, 0.29) is 62.5 Å². The molecule has 1 aromatic carbocycles. The number of hydrogen-bond acceptors (Lipinski definition) is 8. The van der Waals surface area contributed by atoms with Crippen molar-refractivity contribution in [3.63, 3.8) is 0 Å². The minimum Gasteiger partial charge on any atom is -0.543 e. The molecule has 1 fully saturated rings. The normalized spacial score (nSPS) is 21.7. The van der Waals surface area contributed by atoms with Crippen LogP contribution in [0, 0.1) is 6.92 Å². The molecule has 1 saturated heterocycles. The van der Waals surface area contributed by atoms with E-state index in [4.69, 9.17) is 4.74 Å². The van der Waals surface area contributed by atoms with Crippen LogP contribution < -0.4 is 61.8 Å². The van der Waals surface area contributed by atoms with Crippen LogP contribution in [0.15, 0.2) is 35.5 Å². The number of nitrogens with zero attached hydrogens (tertiary/aromatic N) is 1. The van der Waals surface area contributed by atoms with E-state index in [0.717, 1.165) is 12.5 Å². The molecule has 30 heavy (non-hydrogen) atoms. The number of ether oxygens (including phenoxy) is 1. The van der Waals surface area contributed by atoms with Crippen LogP contribution in [0.5, 0.6) is 0 Å². The average Bonchev–Trinajstić information content (AvgIpc) is 2.63. The molecule has 154 valence electrons. The number of benzene rings is 1.